The summed E-state index contributed by atoms with van der Waals surface area (Å²) < 4.78 is 0. The van der Waals surface area contributed by atoms with Crippen LogP contribution in [0, 0.1) is 0 Å². The topological polar surface area (TPSA) is 104 Å². The zero-order chi connectivity index (χ0) is 8.15. The Bertz CT molecular complexity index is 118. The van der Waals surface area contributed by atoms with Gasteiger partial charge in [0.1, 0.15) is 6.04 Å². The van der Waals surface area contributed by atoms with Gasteiger partial charge >= 0.3 is 5.97 Å². The summed E-state index contributed by atoms with van der Waals surface area (Å²) in [7, 11) is -2.00. The number of carboxylic acid groups (broad SMARTS) is 1. The number of hydrogen-bond donors (Lipinski definition) is 4. The molecule has 1 atom stereocenters. The second-order valence-corrected chi connectivity index (χ2v) is 3.02. The molecule has 5 nitrogen and oxygen atoms in total. The van der Waals surface area contributed by atoms with Crippen molar-refractivity contribution >= 4 is 14.3 Å². The molecule has 10 heavy (non-hydrogen) atoms. The molecule has 0 radical (unpaired) electrons. The molecule has 0 spiro atoms. The van der Waals surface area contributed by atoms with E-state index in [1.54, 1.807) is 0 Å². The summed E-state index contributed by atoms with van der Waals surface area (Å²) in [5, 5.41) is 8.21. The molecule has 0 unspecified atom stereocenters. The maximum absolute atomic E-state index is 10.0. The van der Waals surface area contributed by atoms with E-state index < -0.39 is 20.4 Å². The zero-order valence-electron chi connectivity index (χ0n) is 5.27. The Kier molecular flexibility index (Phi) is 4.47. The van der Waals surface area contributed by atoms with E-state index in [2.05, 4.69) is 0 Å². The molecule has 0 aromatic carbocycles. The third kappa shape index (κ3) is 4.64. The maximum Gasteiger partial charge on any atom is 0.320 e. The average Bonchev–Trinajstić information content (AvgIpc) is 1.82. The van der Waals surface area contributed by atoms with Crippen LogP contribution in [0.1, 0.15) is 6.42 Å². The third-order valence-electron chi connectivity index (χ3n) is 0.957. The monoisotopic (exact) mass is 167 g/mol. The van der Waals surface area contributed by atoms with E-state index in [1.165, 1.54) is 0 Å². The van der Waals surface area contributed by atoms with Crippen LogP contribution < -0.4 is 5.73 Å². The highest BCUT2D eigenvalue weighted by Gasteiger charge is 2.12. The highest BCUT2D eigenvalue weighted by Crippen LogP contribution is 2.23. The maximum atomic E-state index is 10.0. The molecular weight excluding hydrogens is 157 g/mol. The quantitative estimate of drug-likeness (QED) is 0.405. The van der Waals surface area contributed by atoms with Crippen LogP contribution in [-0.2, 0) is 4.79 Å². The first-order chi connectivity index (χ1) is 4.54. The Morgan fingerprint density at radius 2 is 2.10 bits per heavy atom. The number of nitrogens with two attached hydrogens (primary N) is 1. The lowest BCUT2D eigenvalue weighted by molar-refractivity contribution is -0.138. The van der Waals surface area contributed by atoms with Crippen LogP contribution in [0.2, 0.25) is 0 Å². The van der Waals surface area contributed by atoms with E-state index in [0.717, 1.165) is 0 Å². The molecule has 0 rings (SSSR count). The minimum atomic E-state index is -2.00. The smallest absolute Gasteiger partial charge is 0.320 e. The van der Waals surface area contributed by atoms with E-state index in [1.807, 2.05) is 0 Å². The fourth-order valence-corrected chi connectivity index (χ4v) is 0.887. The van der Waals surface area contributed by atoms with Crippen LogP contribution in [0.25, 0.3) is 0 Å². The van der Waals surface area contributed by atoms with Crippen LogP contribution in [-0.4, -0.2) is 33.1 Å². The SMILES string of the molecule is N[C@@H](CCP(O)O)C(=O)O. The van der Waals surface area contributed by atoms with Crippen molar-refractivity contribution in [2.75, 3.05) is 6.16 Å². The van der Waals surface area contributed by atoms with Gasteiger partial charge in [-0.25, -0.2) is 0 Å². The summed E-state index contributed by atoms with van der Waals surface area (Å²) in [5.41, 5.74) is 5.05. The van der Waals surface area contributed by atoms with Gasteiger partial charge in [0.05, 0.1) is 0 Å². The van der Waals surface area contributed by atoms with Crippen LogP contribution in [0.3, 0.4) is 0 Å². The van der Waals surface area contributed by atoms with Crippen molar-refractivity contribution in [1.82, 2.24) is 0 Å². The van der Waals surface area contributed by atoms with Crippen molar-refractivity contribution in [1.29, 1.82) is 0 Å². The number of hydrogen-bond acceptors (Lipinski definition) is 4. The lowest BCUT2D eigenvalue weighted by Crippen LogP contribution is -2.30. The lowest BCUT2D eigenvalue weighted by atomic mass is 10.2. The second kappa shape index (κ2) is 4.57. The van der Waals surface area contributed by atoms with Crippen molar-refractivity contribution < 1.29 is 19.7 Å². The second-order valence-electron chi connectivity index (χ2n) is 1.83. The molecule has 0 aromatic heterocycles. The van der Waals surface area contributed by atoms with E-state index in [-0.39, 0.29) is 12.6 Å². The van der Waals surface area contributed by atoms with Crippen LogP contribution in [0.4, 0.5) is 0 Å². The summed E-state index contributed by atoms with van der Waals surface area (Å²) in [5.74, 6) is -1.11. The predicted molar refractivity (Wildman–Crippen MR) is 36.5 cm³/mol. The van der Waals surface area contributed by atoms with Gasteiger partial charge in [0.15, 0.2) is 8.38 Å². The summed E-state index contributed by atoms with van der Waals surface area (Å²) in [6.07, 6.45) is 0.164. The Balaban J connectivity index is 3.40. The van der Waals surface area contributed by atoms with Gasteiger partial charge in [-0.15, -0.1) is 0 Å². The van der Waals surface area contributed by atoms with Gasteiger partial charge in [-0.3, -0.25) is 4.79 Å². The molecule has 60 valence electrons. The van der Waals surface area contributed by atoms with Gasteiger partial charge in [0, 0.05) is 6.16 Å². The minimum Gasteiger partial charge on any atom is -0.480 e. The normalized spacial score (nSPS) is 13.6. The first-order valence-corrected chi connectivity index (χ1v) is 4.11. The third-order valence-corrected chi connectivity index (χ3v) is 1.62. The first-order valence-electron chi connectivity index (χ1n) is 2.67. The first kappa shape index (κ1) is 9.78. The van der Waals surface area contributed by atoms with Gasteiger partial charge in [-0.1, -0.05) is 0 Å². The summed E-state index contributed by atoms with van der Waals surface area (Å²) in [4.78, 5) is 26.7. The van der Waals surface area contributed by atoms with Crippen LogP contribution >= 0.6 is 8.38 Å². The molecule has 5 N–H and O–H groups in total. The molecule has 0 saturated carbocycles. The van der Waals surface area contributed by atoms with Gasteiger partial charge in [0.2, 0.25) is 0 Å². The summed E-state index contributed by atoms with van der Waals surface area (Å²) >= 11 is 0. The van der Waals surface area contributed by atoms with E-state index >= 15 is 0 Å². The zero-order valence-corrected chi connectivity index (χ0v) is 6.16. The molecular formula is C4H10NO4P. The highest BCUT2D eigenvalue weighted by atomic mass is 31.2. The Hall–Kier alpha value is -0.220. The molecule has 0 aliphatic heterocycles. The molecule has 0 bridgehead atoms. The number of carboxylic acids is 1. The minimum absolute atomic E-state index is 0.0583. The number of rotatable bonds is 4. The molecule has 0 amide bonds. The van der Waals surface area contributed by atoms with Gasteiger partial charge in [-0.2, -0.15) is 0 Å². The van der Waals surface area contributed by atoms with Crippen LogP contribution in [0.5, 0.6) is 0 Å². The molecule has 0 heterocycles. The van der Waals surface area contributed by atoms with Gasteiger partial charge in [0.25, 0.3) is 0 Å². The summed E-state index contributed by atoms with van der Waals surface area (Å²) in [6.45, 7) is 0. The van der Waals surface area contributed by atoms with Crippen molar-refractivity contribution in [3.05, 3.63) is 0 Å². The molecule has 0 aliphatic carbocycles. The Morgan fingerprint density at radius 1 is 1.60 bits per heavy atom. The van der Waals surface area contributed by atoms with Gasteiger partial charge < -0.3 is 20.6 Å². The molecule has 0 fully saturated rings. The largest absolute Gasteiger partial charge is 0.480 e. The molecule has 0 aromatic rings. The van der Waals surface area contributed by atoms with Crippen molar-refractivity contribution in [3.8, 4) is 0 Å². The number of aliphatic carboxylic acids is 1. The molecule has 6 heteroatoms. The van der Waals surface area contributed by atoms with E-state index in [4.69, 9.17) is 20.6 Å². The standard InChI is InChI=1S/C4H10NO4P/c5-3(4(6)7)1-2-10(8)9/h3,8-9H,1-2,5H2,(H,6,7)/t3-/m0/s1. The van der Waals surface area contributed by atoms with Crippen molar-refractivity contribution in [2.45, 2.75) is 12.5 Å². The summed E-state index contributed by atoms with van der Waals surface area (Å²) in [6, 6.07) is -0.982. The number of carbonyl (C=O) groups is 1. The Labute approximate surface area is 59.4 Å². The van der Waals surface area contributed by atoms with E-state index in [9.17, 15) is 4.79 Å². The molecule has 0 aliphatic rings. The lowest BCUT2D eigenvalue weighted by Gasteiger charge is -2.05. The van der Waals surface area contributed by atoms with Gasteiger partial charge in [-0.05, 0) is 6.42 Å². The van der Waals surface area contributed by atoms with Crippen molar-refractivity contribution in [3.63, 3.8) is 0 Å². The fraction of sp³-hybridized carbons (Fsp3) is 0.750. The van der Waals surface area contributed by atoms with Crippen LogP contribution in [0.15, 0.2) is 0 Å². The predicted octanol–water partition coefficient (Wildman–Crippen LogP) is -0.915. The average molecular weight is 167 g/mol. The molecule has 0 saturated heterocycles. The fourth-order valence-electron chi connectivity index (χ4n) is 0.378. The Morgan fingerprint density at radius 3 is 2.40 bits per heavy atom. The highest BCUT2D eigenvalue weighted by molar-refractivity contribution is 7.45. The van der Waals surface area contributed by atoms with Crippen molar-refractivity contribution in [2.24, 2.45) is 5.73 Å². The van der Waals surface area contributed by atoms with E-state index in [0.29, 0.717) is 0 Å².